The van der Waals surface area contributed by atoms with Gasteiger partial charge in [0.25, 0.3) is 0 Å². The predicted molar refractivity (Wildman–Crippen MR) is 65.0 cm³/mol. The molecule has 15 heavy (non-hydrogen) atoms. The van der Waals surface area contributed by atoms with Gasteiger partial charge in [0.2, 0.25) is 0 Å². The first-order valence-corrected chi connectivity index (χ1v) is 6.45. The number of fused-ring (bicyclic) bond motifs is 1. The number of nitrogens with two attached hydrogens (primary N) is 1. The molecule has 1 aliphatic carbocycles. The van der Waals surface area contributed by atoms with Gasteiger partial charge in [0.1, 0.15) is 0 Å². The summed E-state index contributed by atoms with van der Waals surface area (Å²) in [7, 11) is 0. The summed E-state index contributed by atoms with van der Waals surface area (Å²) < 4.78 is 0. The minimum atomic E-state index is 0.396. The molecule has 3 unspecified atom stereocenters. The van der Waals surface area contributed by atoms with Crippen LogP contribution >= 0.6 is 23.2 Å². The minimum Gasteiger partial charge on any atom is -0.327 e. The molecule has 0 radical (unpaired) electrons. The lowest BCUT2D eigenvalue weighted by molar-refractivity contribution is 0.259. The highest BCUT2D eigenvalue weighted by molar-refractivity contribution is 6.36. The molecule has 2 aliphatic rings. The van der Waals surface area contributed by atoms with Gasteiger partial charge in [-0.15, -0.1) is 0 Å². The lowest BCUT2D eigenvalue weighted by Gasteiger charge is -2.29. The zero-order chi connectivity index (χ0) is 10.8. The summed E-state index contributed by atoms with van der Waals surface area (Å²) in [6, 6.07) is 0.396. The van der Waals surface area contributed by atoms with Crippen molar-refractivity contribution in [3.8, 4) is 0 Å². The first kappa shape index (κ1) is 11.7. The molecule has 3 atom stereocenters. The van der Waals surface area contributed by atoms with Crippen LogP contribution in [0.25, 0.3) is 0 Å². The second-order valence-corrected chi connectivity index (χ2v) is 5.47. The van der Waals surface area contributed by atoms with Crippen molar-refractivity contribution >= 4 is 23.2 Å². The molecule has 1 saturated heterocycles. The second-order valence-electron chi connectivity index (χ2n) is 4.77. The van der Waals surface area contributed by atoms with Crippen molar-refractivity contribution in [3.05, 3.63) is 10.6 Å². The quantitative estimate of drug-likeness (QED) is 0.814. The van der Waals surface area contributed by atoms with Gasteiger partial charge in [-0.25, -0.2) is 0 Å². The van der Waals surface area contributed by atoms with Gasteiger partial charge in [-0.1, -0.05) is 29.6 Å². The van der Waals surface area contributed by atoms with Gasteiger partial charge in [0, 0.05) is 36.2 Å². The fraction of sp³-hybridized carbons (Fsp3) is 0.818. The van der Waals surface area contributed by atoms with Crippen LogP contribution in [0.2, 0.25) is 0 Å². The Hall–Kier alpha value is 0.240. The SMILES string of the molecule is NC1CCCC2CN(CC(Cl)=CCl)CC12. The van der Waals surface area contributed by atoms with E-state index < -0.39 is 0 Å². The van der Waals surface area contributed by atoms with Crippen molar-refractivity contribution in [2.75, 3.05) is 19.6 Å². The third kappa shape index (κ3) is 2.68. The maximum atomic E-state index is 6.15. The molecule has 0 amide bonds. The molecule has 2 fully saturated rings. The monoisotopic (exact) mass is 248 g/mol. The molecular formula is C11H18Cl2N2. The van der Waals surface area contributed by atoms with E-state index >= 15 is 0 Å². The Labute approximate surface area is 101 Å². The van der Waals surface area contributed by atoms with Crippen LogP contribution in [0.1, 0.15) is 19.3 Å². The van der Waals surface area contributed by atoms with E-state index in [1.165, 1.54) is 24.8 Å². The maximum absolute atomic E-state index is 6.15. The molecule has 1 aliphatic heterocycles. The number of rotatable bonds is 2. The summed E-state index contributed by atoms with van der Waals surface area (Å²) in [5.41, 5.74) is 7.61. The Bertz CT molecular complexity index is 255. The van der Waals surface area contributed by atoms with Crippen LogP contribution in [0, 0.1) is 11.8 Å². The fourth-order valence-electron chi connectivity index (χ4n) is 2.99. The van der Waals surface area contributed by atoms with Crippen LogP contribution in [0.15, 0.2) is 10.6 Å². The molecule has 1 saturated carbocycles. The summed E-state index contributed by atoms with van der Waals surface area (Å²) in [4.78, 5) is 2.38. The van der Waals surface area contributed by atoms with Crippen molar-refractivity contribution in [2.45, 2.75) is 25.3 Å². The predicted octanol–water partition coefficient (Wildman–Crippen LogP) is 2.36. The van der Waals surface area contributed by atoms with E-state index in [2.05, 4.69) is 4.90 Å². The highest BCUT2D eigenvalue weighted by atomic mass is 35.5. The minimum absolute atomic E-state index is 0.396. The van der Waals surface area contributed by atoms with Crippen molar-refractivity contribution in [2.24, 2.45) is 17.6 Å². The number of halogens is 2. The first-order chi connectivity index (χ1) is 7.20. The smallest absolute Gasteiger partial charge is 0.0434 e. The van der Waals surface area contributed by atoms with Crippen molar-refractivity contribution in [3.63, 3.8) is 0 Å². The lowest BCUT2D eigenvalue weighted by Crippen LogP contribution is -2.38. The highest BCUT2D eigenvalue weighted by Crippen LogP contribution is 2.35. The van der Waals surface area contributed by atoms with E-state index in [-0.39, 0.29) is 0 Å². The van der Waals surface area contributed by atoms with Crippen molar-refractivity contribution in [1.82, 2.24) is 4.90 Å². The van der Waals surface area contributed by atoms with Crippen LogP contribution in [0.5, 0.6) is 0 Å². The number of hydrogen-bond acceptors (Lipinski definition) is 2. The molecule has 4 heteroatoms. The van der Waals surface area contributed by atoms with E-state index in [0.29, 0.717) is 12.0 Å². The zero-order valence-corrected chi connectivity index (χ0v) is 10.3. The summed E-state index contributed by atoms with van der Waals surface area (Å²) in [6.45, 7) is 3.01. The van der Waals surface area contributed by atoms with Gasteiger partial charge in [-0.05, 0) is 24.7 Å². The van der Waals surface area contributed by atoms with Gasteiger partial charge >= 0.3 is 0 Å². The molecular weight excluding hydrogens is 231 g/mol. The van der Waals surface area contributed by atoms with Crippen LogP contribution in [0.3, 0.4) is 0 Å². The van der Waals surface area contributed by atoms with Gasteiger partial charge in [0.05, 0.1) is 0 Å². The summed E-state index contributed by atoms with van der Waals surface area (Å²) >= 11 is 11.5. The Morgan fingerprint density at radius 1 is 1.40 bits per heavy atom. The average molecular weight is 249 g/mol. The summed E-state index contributed by atoms with van der Waals surface area (Å²) in [5.74, 6) is 1.46. The molecule has 0 bridgehead atoms. The molecule has 0 aromatic rings. The van der Waals surface area contributed by atoms with Crippen molar-refractivity contribution in [1.29, 1.82) is 0 Å². The van der Waals surface area contributed by atoms with Crippen molar-refractivity contribution < 1.29 is 0 Å². The zero-order valence-electron chi connectivity index (χ0n) is 8.83. The molecule has 2 N–H and O–H groups in total. The molecule has 2 rings (SSSR count). The third-order valence-corrected chi connectivity index (χ3v) is 4.33. The molecule has 86 valence electrons. The van der Waals surface area contributed by atoms with Gasteiger partial charge in [-0.3, -0.25) is 4.90 Å². The Balaban J connectivity index is 1.92. The first-order valence-electron chi connectivity index (χ1n) is 5.63. The average Bonchev–Trinajstić information content (AvgIpc) is 2.62. The molecule has 0 aromatic heterocycles. The Kier molecular flexibility index (Phi) is 3.94. The molecule has 0 aromatic carbocycles. The van der Waals surface area contributed by atoms with E-state index in [1.54, 1.807) is 0 Å². The third-order valence-electron chi connectivity index (χ3n) is 3.72. The maximum Gasteiger partial charge on any atom is 0.0434 e. The highest BCUT2D eigenvalue weighted by Gasteiger charge is 2.38. The topological polar surface area (TPSA) is 29.3 Å². The summed E-state index contributed by atoms with van der Waals surface area (Å²) in [5, 5.41) is 0.726. The van der Waals surface area contributed by atoms with E-state index in [4.69, 9.17) is 28.9 Å². The van der Waals surface area contributed by atoms with Gasteiger partial charge in [-0.2, -0.15) is 0 Å². The fourth-order valence-corrected chi connectivity index (χ4v) is 3.22. The van der Waals surface area contributed by atoms with E-state index in [1.807, 2.05) is 0 Å². The molecule has 0 spiro atoms. The largest absolute Gasteiger partial charge is 0.327 e. The van der Waals surface area contributed by atoms with Crippen LogP contribution in [0.4, 0.5) is 0 Å². The summed E-state index contributed by atoms with van der Waals surface area (Å²) in [6.07, 6.45) is 3.81. The van der Waals surface area contributed by atoms with E-state index in [9.17, 15) is 0 Å². The number of likely N-dealkylation sites (tertiary alicyclic amines) is 1. The van der Waals surface area contributed by atoms with Crippen LogP contribution in [-0.4, -0.2) is 30.6 Å². The number of nitrogens with zero attached hydrogens (tertiary/aromatic N) is 1. The molecule has 2 nitrogen and oxygen atoms in total. The van der Waals surface area contributed by atoms with Crippen LogP contribution in [-0.2, 0) is 0 Å². The Morgan fingerprint density at radius 3 is 2.87 bits per heavy atom. The van der Waals surface area contributed by atoms with E-state index in [0.717, 1.165) is 30.6 Å². The Morgan fingerprint density at radius 2 is 2.20 bits per heavy atom. The number of hydrogen-bond donors (Lipinski definition) is 1. The molecule has 1 heterocycles. The second kappa shape index (κ2) is 5.05. The standard InChI is InChI=1S/C11H18Cl2N2/c12-4-9(13)6-15-5-8-2-1-3-11(14)10(8)7-15/h4,8,10-11H,1-3,5-7,14H2. The van der Waals surface area contributed by atoms with Gasteiger partial charge < -0.3 is 5.73 Å². The van der Waals surface area contributed by atoms with Crippen LogP contribution < -0.4 is 5.73 Å². The lowest BCUT2D eigenvalue weighted by atomic mass is 9.78. The van der Waals surface area contributed by atoms with Gasteiger partial charge in [0.15, 0.2) is 0 Å². The normalized spacial score (nSPS) is 38.1.